The van der Waals surface area contributed by atoms with Crippen molar-refractivity contribution < 1.29 is 14.2 Å². The van der Waals surface area contributed by atoms with E-state index in [-0.39, 0.29) is 0 Å². The molecule has 0 aliphatic rings. The minimum atomic E-state index is 0.363. The average Bonchev–Trinajstić information content (AvgIpc) is 2.46. The van der Waals surface area contributed by atoms with Crippen LogP contribution in [-0.4, -0.2) is 44.3 Å². The van der Waals surface area contributed by atoms with Crippen LogP contribution in [0.4, 0.5) is 0 Å². The third-order valence-electron chi connectivity index (χ3n) is 2.66. The summed E-state index contributed by atoms with van der Waals surface area (Å²) in [5.74, 6) is 1.68. The molecule has 0 aromatic heterocycles. The van der Waals surface area contributed by atoms with E-state index in [2.05, 4.69) is 6.92 Å². The molecule has 0 amide bonds. The zero-order valence-electron chi connectivity index (χ0n) is 12.6. The lowest BCUT2D eigenvalue weighted by molar-refractivity contribution is 0.0805. The summed E-state index contributed by atoms with van der Waals surface area (Å²) in [4.78, 5) is 1.42. The fraction of sp³-hybridized carbons (Fsp3) is 0.533. The van der Waals surface area contributed by atoms with Gasteiger partial charge in [0, 0.05) is 25.2 Å². The van der Waals surface area contributed by atoms with Gasteiger partial charge in [0.05, 0.1) is 12.2 Å². The van der Waals surface area contributed by atoms with Crippen molar-refractivity contribution in [2.24, 2.45) is 5.73 Å². The van der Waals surface area contributed by atoms with E-state index in [9.17, 15) is 0 Å². The molecular formula is C15H23NO3S2. The van der Waals surface area contributed by atoms with Crippen molar-refractivity contribution in [2.75, 3.05) is 39.3 Å². The number of ether oxygens (including phenoxy) is 3. The van der Waals surface area contributed by atoms with Crippen LogP contribution in [0.25, 0.3) is 0 Å². The van der Waals surface area contributed by atoms with E-state index < -0.39 is 0 Å². The maximum Gasteiger partial charge on any atom is 0.130 e. The van der Waals surface area contributed by atoms with Gasteiger partial charge < -0.3 is 19.9 Å². The Morgan fingerprint density at radius 2 is 2.05 bits per heavy atom. The monoisotopic (exact) mass is 329 g/mol. The first-order valence-corrected chi connectivity index (χ1v) is 8.35. The van der Waals surface area contributed by atoms with Gasteiger partial charge in [-0.25, -0.2) is 0 Å². The number of rotatable bonds is 11. The smallest absolute Gasteiger partial charge is 0.130 e. The largest absolute Gasteiger partial charge is 0.490 e. The van der Waals surface area contributed by atoms with Crippen LogP contribution < -0.4 is 10.5 Å². The fourth-order valence-electron chi connectivity index (χ4n) is 1.77. The third-order valence-corrected chi connectivity index (χ3v) is 3.80. The van der Waals surface area contributed by atoms with Gasteiger partial charge in [0.1, 0.15) is 17.3 Å². The van der Waals surface area contributed by atoms with E-state index in [1.54, 1.807) is 18.9 Å². The quantitative estimate of drug-likeness (QED) is 0.383. The van der Waals surface area contributed by atoms with Gasteiger partial charge in [-0.2, -0.15) is 0 Å². The molecule has 0 aliphatic carbocycles. The number of methoxy groups -OCH3 is 1. The van der Waals surface area contributed by atoms with Crippen molar-refractivity contribution in [1.29, 1.82) is 0 Å². The molecule has 0 bridgehead atoms. The number of hydrogen-bond acceptors (Lipinski definition) is 5. The number of benzene rings is 1. The van der Waals surface area contributed by atoms with Gasteiger partial charge in [-0.05, 0) is 24.3 Å². The van der Waals surface area contributed by atoms with Crippen LogP contribution in [0.15, 0.2) is 23.1 Å². The van der Waals surface area contributed by atoms with E-state index in [0.717, 1.165) is 28.4 Å². The molecule has 0 heterocycles. The van der Waals surface area contributed by atoms with Crippen molar-refractivity contribution in [3.8, 4) is 5.75 Å². The van der Waals surface area contributed by atoms with E-state index in [4.69, 9.17) is 32.2 Å². The number of nitrogens with two attached hydrogens (primary N) is 1. The molecule has 1 rings (SSSR count). The molecule has 118 valence electrons. The Kier molecular flexibility index (Phi) is 9.41. The molecule has 0 unspecified atom stereocenters. The van der Waals surface area contributed by atoms with Crippen LogP contribution in [-0.2, 0) is 9.47 Å². The number of thiocarbonyl (C=S) groups is 1. The van der Waals surface area contributed by atoms with Crippen LogP contribution in [0, 0.1) is 0 Å². The Morgan fingerprint density at radius 1 is 1.24 bits per heavy atom. The SMILES string of the molecule is CCSc1cccc(OCCOCCCOC)c1C(N)=S. The third kappa shape index (κ3) is 6.65. The first kappa shape index (κ1) is 18.2. The summed E-state index contributed by atoms with van der Waals surface area (Å²) in [6.07, 6.45) is 0.886. The predicted molar refractivity (Wildman–Crippen MR) is 91.5 cm³/mol. The minimum Gasteiger partial charge on any atom is -0.490 e. The highest BCUT2D eigenvalue weighted by atomic mass is 32.2. The summed E-state index contributed by atoms with van der Waals surface area (Å²) in [5, 5.41) is 0. The van der Waals surface area contributed by atoms with Gasteiger partial charge in [0.2, 0.25) is 0 Å². The normalized spacial score (nSPS) is 10.6. The standard InChI is InChI=1S/C15H23NO3S2/c1-3-21-13-7-4-6-12(14(13)15(16)20)19-11-10-18-9-5-8-17-2/h4,6-7H,3,5,8-11H2,1-2H3,(H2,16,20). The van der Waals surface area contributed by atoms with Gasteiger partial charge in [-0.15, -0.1) is 11.8 Å². The second kappa shape index (κ2) is 10.8. The lowest BCUT2D eigenvalue weighted by atomic mass is 10.2. The Hall–Kier alpha value is -0.820. The van der Waals surface area contributed by atoms with Crippen molar-refractivity contribution in [2.45, 2.75) is 18.2 Å². The Morgan fingerprint density at radius 3 is 2.71 bits per heavy atom. The molecule has 0 radical (unpaired) electrons. The average molecular weight is 329 g/mol. The summed E-state index contributed by atoms with van der Waals surface area (Å²) in [5.41, 5.74) is 6.64. The molecule has 1 aromatic rings. The molecule has 2 N–H and O–H groups in total. The maximum absolute atomic E-state index is 5.82. The van der Waals surface area contributed by atoms with Crippen molar-refractivity contribution in [3.05, 3.63) is 23.8 Å². The van der Waals surface area contributed by atoms with E-state index in [0.29, 0.717) is 31.4 Å². The summed E-state index contributed by atoms with van der Waals surface area (Å²) < 4.78 is 16.2. The van der Waals surface area contributed by atoms with Crippen LogP contribution in [0.3, 0.4) is 0 Å². The Bertz CT molecular complexity index is 441. The molecule has 1 aromatic carbocycles. The minimum absolute atomic E-state index is 0.363. The Balaban J connectivity index is 2.50. The summed E-state index contributed by atoms with van der Waals surface area (Å²) in [7, 11) is 1.68. The second-order valence-corrected chi connectivity index (χ2v) is 5.98. The van der Waals surface area contributed by atoms with Gasteiger partial charge in [0.15, 0.2) is 0 Å². The molecule has 4 nitrogen and oxygen atoms in total. The van der Waals surface area contributed by atoms with Gasteiger partial charge >= 0.3 is 0 Å². The molecule has 0 saturated carbocycles. The van der Waals surface area contributed by atoms with Gasteiger partial charge in [-0.1, -0.05) is 25.2 Å². The highest BCUT2D eigenvalue weighted by Gasteiger charge is 2.12. The summed E-state index contributed by atoms with van der Waals surface area (Å²) in [6, 6.07) is 5.85. The maximum atomic E-state index is 5.82. The number of thioether (sulfide) groups is 1. The molecule has 6 heteroatoms. The van der Waals surface area contributed by atoms with Crippen LogP contribution >= 0.6 is 24.0 Å². The molecule has 0 saturated heterocycles. The van der Waals surface area contributed by atoms with Crippen LogP contribution in [0.2, 0.25) is 0 Å². The van der Waals surface area contributed by atoms with E-state index >= 15 is 0 Å². The first-order chi connectivity index (χ1) is 10.2. The second-order valence-electron chi connectivity index (χ2n) is 4.23. The van der Waals surface area contributed by atoms with Crippen molar-refractivity contribution >= 4 is 29.0 Å². The molecule has 0 fully saturated rings. The Labute approximate surface area is 136 Å². The zero-order valence-corrected chi connectivity index (χ0v) is 14.2. The highest BCUT2D eigenvalue weighted by Crippen LogP contribution is 2.30. The fourth-order valence-corrected chi connectivity index (χ4v) is 2.88. The van der Waals surface area contributed by atoms with E-state index in [1.807, 2.05) is 18.2 Å². The lowest BCUT2D eigenvalue weighted by Crippen LogP contribution is -2.15. The summed E-state index contributed by atoms with van der Waals surface area (Å²) >= 11 is 6.84. The zero-order chi connectivity index (χ0) is 15.5. The summed E-state index contributed by atoms with van der Waals surface area (Å²) in [6.45, 7) is 4.48. The first-order valence-electron chi connectivity index (χ1n) is 6.95. The molecule has 0 aliphatic heterocycles. The van der Waals surface area contributed by atoms with Crippen LogP contribution in [0.1, 0.15) is 18.9 Å². The predicted octanol–water partition coefficient (Wildman–Crippen LogP) is 2.86. The van der Waals surface area contributed by atoms with Crippen molar-refractivity contribution in [3.63, 3.8) is 0 Å². The van der Waals surface area contributed by atoms with Gasteiger partial charge in [-0.3, -0.25) is 0 Å². The van der Waals surface area contributed by atoms with Crippen molar-refractivity contribution in [1.82, 2.24) is 0 Å². The van der Waals surface area contributed by atoms with Gasteiger partial charge in [0.25, 0.3) is 0 Å². The molecule has 21 heavy (non-hydrogen) atoms. The highest BCUT2D eigenvalue weighted by molar-refractivity contribution is 7.99. The molecular weight excluding hydrogens is 306 g/mol. The number of hydrogen-bond donors (Lipinski definition) is 1. The lowest BCUT2D eigenvalue weighted by Gasteiger charge is -2.14. The molecule has 0 atom stereocenters. The van der Waals surface area contributed by atoms with Crippen LogP contribution in [0.5, 0.6) is 5.75 Å². The van der Waals surface area contributed by atoms with E-state index in [1.165, 1.54) is 0 Å². The topological polar surface area (TPSA) is 53.7 Å². The molecule has 0 spiro atoms.